The van der Waals surface area contributed by atoms with Crippen molar-refractivity contribution in [3.05, 3.63) is 26.0 Å². The zero-order valence-electron chi connectivity index (χ0n) is 6.55. The number of fused-ring (bicyclic) bond motifs is 1. The van der Waals surface area contributed by atoms with Crippen LogP contribution >= 0.6 is 43.5 Å². The lowest BCUT2D eigenvalue weighted by molar-refractivity contribution is 0.903. The van der Waals surface area contributed by atoms with Crippen molar-refractivity contribution in [2.45, 2.75) is 6.92 Å². The Balaban J connectivity index is 2.96. The number of imidazole rings is 1. The second kappa shape index (κ2) is 3.22. The molecule has 0 saturated carbocycles. The van der Waals surface area contributed by atoms with Crippen LogP contribution in [0.4, 0.5) is 0 Å². The maximum absolute atomic E-state index is 5.91. The molecule has 0 N–H and O–H groups in total. The maximum atomic E-state index is 5.91. The Hall–Kier alpha value is -0.130. The fourth-order valence-electron chi connectivity index (χ4n) is 0.991. The largest absolute Gasteiger partial charge is 0.233 e. The molecule has 0 aliphatic heterocycles. The molecule has 0 aliphatic carbocycles. The fourth-order valence-corrected chi connectivity index (χ4v) is 2.08. The van der Waals surface area contributed by atoms with Crippen LogP contribution in [0.1, 0.15) is 5.56 Å². The van der Waals surface area contributed by atoms with Crippen molar-refractivity contribution < 1.29 is 0 Å². The van der Waals surface area contributed by atoms with Gasteiger partial charge in [0.2, 0.25) is 0 Å². The summed E-state index contributed by atoms with van der Waals surface area (Å²) in [5, 5.41) is 4.61. The molecule has 6 heteroatoms. The topological polar surface area (TPSA) is 30.2 Å². The van der Waals surface area contributed by atoms with Gasteiger partial charge < -0.3 is 0 Å². The van der Waals surface area contributed by atoms with E-state index in [1.54, 1.807) is 10.7 Å². The highest BCUT2D eigenvalue weighted by Gasteiger charge is 2.11. The molecular weight excluding hydrogens is 321 g/mol. The van der Waals surface area contributed by atoms with Crippen molar-refractivity contribution in [3.63, 3.8) is 0 Å². The van der Waals surface area contributed by atoms with Gasteiger partial charge in [-0.3, -0.25) is 0 Å². The van der Waals surface area contributed by atoms with Crippen LogP contribution in [0.25, 0.3) is 5.65 Å². The van der Waals surface area contributed by atoms with Crippen molar-refractivity contribution in [1.82, 2.24) is 14.6 Å². The third-order valence-electron chi connectivity index (χ3n) is 1.72. The van der Waals surface area contributed by atoms with Gasteiger partial charge >= 0.3 is 0 Å². The average molecular weight is 325 g/mol. The highest BCUT2D eigenvalue weighted by molar-refractivity contribution is 9.11. The van der Waals surface area contributed by atoms with E-state index in [-0.39, 0.29) is 0 Å². The molecule has 0 unspecified atom stereocenters. The van der Waals surface area contributed by atoms with E-state index in [0.717, 1.165) is 20.3 Å². The first-order valence-corrected chi connectivity index (χ1v) is 5.42. The number of rotatable bonds is 0. The van der Waals surface area contributed by atoms with Gasteiger partial charge in [0.25, 0.3) is 0 Å². The predicted molar refractivity (Wildman–Crippen MR) is 58.1 cm³/mol. The standard InChI is InChI=1S/C7H4Br2ClN3/c1-3-5(9)7-11-2-4(8)13(7)12-6(3)10/h2H,1H3. The first-order chi connectivity index (χ1) is 6.11. The van der Waals surface area contributed by atoms with Gasteiger partial charge in [-0.25, -0.2) is 9.50 Å². The molecule has 0 saturated heterocycles. The van der Waals surface area contributed by atoms with Gasteiger partial charge in [-0.1, -0.05) is 11.6 Å². The first-order valence-electron chi connectivity index (χ1n) is 3.46. The van der Waals surface area contributed by atoms with Crippen LogP contribution in [0.15, 0.2) is 15.3 Å². The summed E-state index contributed by atoms with van der Waals surface area (Å²) in [6.07, 6.45) is 1.68. The number of hydrogen-bond acceptors (Lipinski definition) is 2. The minimum absolute atomic E-state index is 0.470. The van der Waals surface area contributed by atoms with Gasteiger partial charge in [-0.15, -0.1) is 0 Å². The van der Waals surface area contributed by atoms with Crippen molar-refractivity contribution in [3.8, 4) is 0 Å². The molecule has 0 spiro atoms. The van der Waals surface area contributed by atoms with Crippen LogP contribution in [0.2, 0.25) is 5.15 Å². The highest BCUT2D eigenvalue weighted by Crippen LogP contribution is 2.27. The normalized spacial score (nSPS) is 11.1. The molecule has 2 aromatic heterocycles. The zero-order chi connectivity index (χ0) is 9.59. The van der Waals surface area contributed by atoms with Gasteiger partial charge in [0.1, 0.15) is 4.60 Å². The summed E-state index contributed by atoms with van der Waals surface area (Å²) >= 11 is 12.6. The minimum Gasteiger partial charge on any atom is -0.233 e. The van der Waals surface area contributed by atoms with E-state index < -0.39 is 0 Å². The summed E-state index contributed by atoms with van der Waals surface area (Å²) in [7, 11) is 0. The van der Waals surface area contributed by atoms with Gasteiger partial charge in [0.05, 0.1) is 10.7 Å². The van der Waals surface area contributed by atoms with E-state index in [9.17, 15) is 0 Å². The molecule has 0 aromatic carbocycles. The SMILES string of the molecule is Cc1c(Cl)nn2c(Br)cnc2c1Br. The van der Waals surface area contributed by atoms with Crippen molar-refractivity contribution in [1.29, 1.82) is 0 Å². The number of aromatic nitrogens is 3. The lowest BCUT2D eigenvalue weighted by Gasteiger charge is -2.02. The molecule has 2 aromatic rings. The van der Waals surface area contributed by atoms with E-state index in [4.69, 9.17) is 11.6 Å². The summed E-state index contributed by atoms with van der Waals surface area (Å²) in [4.78, 5) is 4.17. The van der Waals surface area contributed by atoms with Crippen molar-refractivity contribution >= 4 is 49.1 Å². The monoisotopic (exact) mass is 323 g/mol. The lowest BCUT2D eigenvalue weighted by atomic mass is 10.3. The van der Waals surface area contributed by atoms with E-state index in [0.29, 0.717) is 5.15 Å². The molecule has 0 radical (unpaired) electrons. The van der Waals surface area contributed by atoms with E-state index >= 15 is 0 Å². The smallest absolute Gasteiger partial charge is 0.169 e. The van der Waals surface area contributed by atoms with Crippen LogP contribution in [0, 0.1) is 6.92 Å². The average Bonchev–Trinajstić information content (AvgIpc) is 2.45. The second-order valence-electron chi connectivity index (χ2n) is 2.55. The third kappa shape index (κ3) is 1.39. The maximum Gasteiger partial charge on any atom is 0.169 e. The Morgan fingerprint density at radius 2 is 2.15 bits per heavy atom. The number of nitrogens with zero attached hydrogens (tertiary/aromatic N) is 3. The highest BCUT2D eigenvalue weighted by atomic mass is 79.9. The van der Waals surface area contributed by atoms with Gasteiger partial charge in [0.15, 0.2) is 10.8 Å². The molecular formula is C7H4Br2ClN3. The predicted octanol–water partition coefficient (Wildman–Crippen LogP) is 3.22. The Labute approximate surface area is 96.4 Å². The molecule has 0 aliphatic rings. The summed E-state index contributed by atoms with van der Waals surface area (Å²) < 4.78 is 3.29. The molecule has 0 atom stereocenters. The van der Waals surface area contributed by atoms with Gasteiger partial charge in [0, 0.05) is 5.56 Å². The van der Waals surface area contributed by atoms with Gasteiger partial charge in [-0.05, 0) is 38.8 Å². The van der Waals surface area contributed by atoms with Crippen LogP contribution in [0.5, 0.6) is 0 Å². The van der Waals surface area contributed by atoms with Crippen LogP contribution in [-0.4, -0.2) is 14.6 Å². The molecule has 0 amide bonds. The second-order valence-corrected chi connectivity index (χ2v) is 4.51. The van der Waals surface area contributed by atoms with Crippen LogP contribution < -0.4 is 0 Å². The van der Waals surface area contributed by atoms with Crippen LogP contribution in [0.3, 0.4) is 0 Å². The van der Waals surface area contributed by atoms with E-state index in [1.165, 1.54) is 0 Å². The molecule has 2 rings (SSSR count). The molecule has 0 fully saturated rings. The summed E-state index contributed by atoms with van der Waals surface area (Å²) in [6.45, 7) is 1.89. The number of hydrogen-bond donors (Lipinski definition) is 0. The number of halogens is 3. The molecule has 13 heavy (non-hydrogen) atoms. The zero-order valence-corrected chi connectivity index (χ0v) is 10.5. The lowest BCUT2D eigenvalue weighted by Crippen LogP contribution is -1.96. The summed E-state index contributed by atoms with van der Waals surface area (Å²) in [6, 6.07) is 0. The fraction of sp³-hybridized carbons (Fsp3) is 0.143. The Morgan fingerprint density at radius 3 is 2.85 bits per heavy atom. The Bertz CT molecular complexity index is 480. The van der Waals surface area contributed by atoms with Gasteiger partial charge in [-0.2, -0.15) is 5.10 Å². The third-order valence-corrected chi connectivity index (χ3v) is 3.57. The molecule has 0 bridgehead atoms. The van der Waals surface area contributed by atoms with Crippen LogP contribution in [-0.2, 0) is 0 Å². The summed E-state index contributed by atoms with van der Waals surface area (Å²) in [5.41, 5.74) is 1.65. The van der Waals surface area contributed by atoms with Crippen molar-refractivity contribution in [2.75, 3.05) is 0 Å². The Kier molecular flexibility index (Phi) is 2.33. The quantitative estimate of drug-likeness (QED) is 0.744. The first kappa shape index (κ1) is 9.43. The van der Waals surface area contributed by atoms with E-state index in [1.807, 2.05) is 6.92 Å². The molecule has 3 nitrogen and oxygen atoms in total. The Morgan fingerprint density at radius 1 is 1.46 bits per heavy atom. The van der Waals surface area contributed by atoms with E-state index in [2.05, 4.69) is 41.9 Å². The van der Waals surface area contributed by atoms with Crippen molar-refractivity contribution in [2.24, 2.45) is 0 Å². The molecule has 2 heterocycles. The minimum atomic E-state index is 0.470. The molecule has 68 valence electrons. The summed E-state index contributed by atoms with van der Waals surface area (Å²) in [5.74, 6) is 0.